The summed E-state index contributed by atoms with van der Waals surface area (Å²) in [5.74, 6) is 0.706. The quantitative estimate of drug-likeness (QED) is 0.509. The van der Waals surface area contributed by atoms with Crippen LogP contribution in [0.2, 0.25) is 0 Å². The number of rotatable bonds is 0. The van der Waals surface area contributed by atoms with Gasteiger partial charge in [0.25, 0.3) is 0 Å². The van der Waals surface area contributed by atoms with Gasteiger partial charge in [-0.15, -0.1) is 11.6 Å². The second kappa shape index (κ2) is 1.94. The Morgan fingerprint density at radius 2 is 2.18 bits per heavy atom. The van der Waals surface area contributed by atoms with Crippen LogP contribution in [0.3, 0.4) is 0 Å². The first-order valence-corrected chi connectivity index (χ1v) is 5.04. The monoisotopic (exact) mass is 172 g/mol. The molecule has 2 aliphatic carbocycles. The third kappa shape index (κ3) is 0.595. The van der Waals surface area contributed by atoms with Gasteiger partial charge in [0, 0.05) is 23.3 Å². The van der Waals surface area contributed by atoms with Crippen LogP contribution in [0.4, 0.5) is 0 Å². The first-order valence-electron chi connectivity index (χ1n) is 4.60. The topological polar surface area (TPSA) is 9.23 Å². The van der Waals surface area contributed by atoms with Crippen molar-refractivity contribution in [3.63, 3.8) is 0 Å². The Labute approximate surface area is 72.1 Å². The molecule has 0 aromatic rings. The van der Waals surface area contributed by atoms with Crippen molar-refractivity contribution in [1.82, 2.24) is 0 Å². The summed E-state index contributed by atoms with van der Waals surface area (Å²) in [4.78, 5) is 0. The zero-order chi connectivity index (χ0) is 7.47. The molecule has 3 fully saturated rings. The predicted octanol–water partition coefficient (Wildman–Crippen LogP) is 2.18. The van der Waals surface area contributed by atoms with E-state index in [1.165, 1.54) is 25.7 Å². The minimum absolute atomic E-state index is 0.447. The van der Waals surface area contributed by atoms with Gasteiger partial charge >= 0.3 is 0 Å². The summed E-state index contributed by atoms with van der Waals surface area (Å²) in [5, 5.41) is 0.448. The lowest BCUT2D eigenvalue weighted by molar-refractivity contribution is -0.142. The zero-order valence-electron chi connectivity index (χ0n) is 6.55. The van der Waals surface area contributed by atoms with Crippen LogP contribution in [0, 0.1) is 11.3 Å². The molecule has 1 saturated heterocycles. The smallest absolute Gasteiger partial charge is 0.0688 e. The first-order chi connectivity index (χ1) is 5.34. The van der Waals surface area contributed by atoms with E-state index in [1.807, 2.05) is 0 Å². The molecule has 0 radical (unpaired) electrons. The van der Waals surface area contributed by atoms with Crippen LogP contribution in [0.25, 0.3) is 0 Å². The van der Waals surface area contributed by atoms with Gasteiger partial charge in [0.05, 0.1) is 6.10 Å². The Hall–Kier alpha value is 0.250. The number of halogens is 1. The minimum Gasteiger partial charge on any atom is -0.377 e. The number of hydrogen-bond donors (Lipinski definition) is 0. The molecule has 1 nitrogen and oxygen atoms in total. The van der Waals surface area contributed by atoms with Crippen molar-refractivity contribution < 1.29 is 4.74 Å². The maximum absolute atomic E-state index is 6.33. The molecule has 0 N–H and O–H groups in total. The maximum atomic E-state index is 6.33. The van der Waals surface area contributed by atoms with Gasteiger partial charge in [-0.1, -0.05) is 6.42 Å². The fourth-order valence-electron chi connectivity index (χ4n) is 3.11. The molecule has 3 atom stereocenters. The summed E-state index contributed by atoms with van der Waals surface area (Å²) in [6.45, 7) is 0.959. The standard InChI is InChI=1S/C9H13ClO/c10-7-6-2-5-11-8(6)9(7)3-1-4-9/h6-8H,1-5H2/t6-,7+,8-/m0/s1. The minimum atomic E-state index is 0.447. The Morgan fingerprint density at radius 3 is 2.82 bits per heavy atom. The van der Waals surface area contributed by atoms with Crippen molar-refractivity contribution in [3.8, 4) is 0 Å². The van der Waals surface area contributed by atoms with Crippen LogP contribution in [0.15, 0.2) is 0 Å². The van der Waals surface area contributed by atoms with E-state index in [2.05, 4.69) is 0 Å². The molecule has 0 amide bonds. The molecule has 1 aliphatic heterocycles. The molecule has 1 spiro atoms. The number of alkyl halides is 1. The second-order valence-corrected chi connectivity index (χ2v) is 4.70. The average molecular weight is 173 g/mol. The fraction of sp³-hybridized carbons (Fsp3) is 1.00. The summed E-state index contributed by atoms with van der Waals surface area (Å²) in [6, 6.07) is 0. The molecule has 3 rings (SSSR count). The molecule has 62 valence electrons. The summed E-state index contributed by atoms with van der Waals surface area (Å²) in [7, 11) is 0. The third-order valence-corrected chi connectivity index (χ3v) is 4.67. The van der Waals surface area contributed by atoms with Crippen LogP contribution in [-0.4, -0.2) is 18.1 Å². The predicted molar refractivity (Wildman–Crippen MR) is 43.8 cm³/mol. The summed E-state index contributed by atoms with van der Waals surface area (Å²) in [6.07, 6.45) is 5.78. The van der Waals surface area contributed by atoms with Gasteiger partial charge < -0.3 is 4.74 Å². The molecule has 2 saturated carbocycles. The summed E-state index contributed by atoms with van der Waals surface area (Å²) >= 11 is 6.33. The molecule has 3 aliphatic rings. The molecule has 11 heavy (non-hydrogen) atoms. The Bertz CT molecular complexity index is 188. The maximum Gasteiger partial charge on any atom is 0.0688 e. The molecule has 2 heteroatoms. The van der Waals surface area contributed by atoms with Crippen molar-refractivity contribution in [3.05, 3.63) is 0 Å². The molecule has 1 heterocycles. The van der Waals surface area contributed by atoms with E-state index in [0.29, 0.717) is 22.8 Å². The largest absolute Gasteiger partial charge is 0.377 e. The van der Waals surface area contributed by atoms with E-state index in [0.717, 1.165) is 6.61 Å². The average Bonchev–Trinajstić information content (AvgIpc) is 2.29. The highest BCUT2D eigenvalue weighted by Crippen LogP contribution is 2.64. The number of fused-ring (bicyclic) bond motifs is 2. The number of hydrogen-bond acceptors (Lipinski definition) is 1. The van der Waals surface area contributed by atoms with Crippen LogP contribution < -0.4 is 0 Å². The second-order valence-electron chi connectivity index (χ2n) is 4.23. The van der Waals surface area contributed by atoms with Crippen LogP contribution in [0.1, 0.15) is 25.7 Å². The van der Waals surface area contributed by atoms with Gasteiger partial charge in [-0.25, -0.2) is 0 Å². The Kier molecular flexibility index (Phi) is 1.19. The summed E-state index contributed by atoms with van der Waals surface area (Å²) < 4.78 is 5.70. The van der Waals surface area contributed by atoms with Gasteiger partial charge in [-0.3, -0.25) is 0 Å². The molecular weight excluding hydrogens is 160 g/mol. The molecule has 0 bridgehead atoms. The van der Waals surface area contributed by atoms with Crippen LogP contribution in [-0.2, 0) is 4.74 Å². The van der Waals surface area contributed by atoms with Crippen molar-refractivity contribution >= 4 is 11.6 Å². The van der Waals surface area contributed by atoms with Gasteiger partial charge in [0.1, 0.15) is 0 Å². The highest BCUT2D eigenvalue weighted by atomic mass is 35.5. The molecular formula is C9H13ClO. The van der Waals surface area contributed by atoms with E-state index >= 15 is 0 Å². The van der Waals surface area contributed by atoms with Crippen molar-refractivity contribution in [1.29, 1.82) is 0 Å². The van der Waals surface area contributed by atoms with Crippen molar-refractivity contribution in [2.24, 2.45) is 11.3 Å². The highest BCUT2D eigenvalue weighted by Gasteiger charge is 2.65. The fourth-order valence-corrected chi connectivity index (χ4v) is 3.71. The van der Waals surface area contributed by atoms with Crippen molar-refractivity contribution in [2.75, 3.05) is 6.61 Å². The lowest BCUT2D eigenvalue weighted by Crippen LogP contribution is -2.63. The van der Waals surface area contributed by atoms with Gasteiger partial charge in [0.2, 0.25) is 0 Å². The van der Waals surface area contributed by atoms with Crippen LogP contribution >= 0.6 is 11.6 Å². The Morgan fingerprint density at radius 1 is 1.36 bits per heavy atom. The van der Waals surface area contributed by atoms with E-state index in [1.54, 1.807) is 0 Å². The highest BCUT2D eigenvalue weighted by molar-refractivity contribution is 6.22. The third-order valence-electron chi connectivity index (χ3n) is 3.91. The first kappa shape index (κ1) is 6.73. The number of ether oxygens (including phenoxy) is 1. The van der Waals surface area contributed by atoms with Gasteiger partial charge in [-0.05, 0) is 19.3 Å². The van der Waals surface area contributed by atoms with Crippen LogP contribution in [0.5, 0.6) is 0 Å². The SMILES string of the molecule is Cl[C@@H]1[C@@H]2CCO[C@@H]2C12CCC2. The van der Waals surface area contributed by atoms with Gasteiger partial charge in [0.15, 0.2) is 0 Å². The van der Waals surface area contributed by atoms with E-state index in [-0.39, 0.29) is 0 Å². The van der Waals surface area contributed by atoms with E-state index in [9.17, 15) is 0 Å². The van der Waals surface area contributed by atoms with E-state index < -0.39 is 0 Å². The summed E-state index contributed by atoms with van der Waals surface area (Å²) in [5.41, 5.74) is 0.447. The van der Waals surface area contributed by atoms with E-state index in [4.69, 9.17) is 16.3 Å². The lowest BCUT2D eigenvalue weighted by atomic mass is 9.49. The van der Waals surface area contributed by atoms with Gasteiger partial charge in [-0.2, -0.15) is 0 Å². The molecule has 0 unspecified atom stereocenters. The normalized spacial score (nSPS) is 51.5. The van der Waals surface area contributed by atoms with Crippen molar-refractivity contribution in [2.45, 2.75) is 37.2 Å². The zero-order valence-corrected chi connectivity index (χ0v) is 7.31. The molecule has 0 aromatic carbocycles. The Balaban J connectivity index is 1.86. The lowest BCUT2D eigenvalue weighted by Gasteiger charge is -2.60. The molecule has 0 aromatic heterocycles.